The van der Waals surface area contributed by atoms with Crippen LogP contribution in [0.1, 0.15) is 50.5 Å². The molecule has 0 saturated carbocycles. The number of aliphatic carboxylic acids is 1. The fraction of sp³-hybridized carbons (Fsp3) is 0.636. The molecule has 0 aromatic carbocycles. The zero-order chi connectivity index (χ0) is 14.1. The summed E-state index contributed by atoms with van der Waals surface area (Å²) in [5.74, 6) is -1.51. The first-order valence-electron chi connectivity index (χ1n) is 5.57. The molecular weight excluding hydrogens is 249 g/mol. The van der Waals surface area contributed by atoms with Crippen molar-refractivity contribution in [3.05, 3.63) is 17.5 Å². The van der Waals surface area contributed by atoms with Crippen LogP contribution < -0.4 is 0 Å². The molecule has 0 radical (unpaired) electrons. The van der Waals surface area contributed by atoms with Crippen molar-refractivity contribution in [3.63, 3.8) is 0 Å². The summed E-state index contributed by atoms with van der Waals surface area (Å²) in [5.41, 5.74) is -0.775. The minimum absolute atomic E-state index is 0.0393. The SMILES string of the molecule is CCC(C(=O)O)n1nc(C(C)C)cc1C(F)(F)F. The Labute approximate surface area is 102 Å². The van der Waals surface area contributed by atoms with Gasteiger partial charge in [-0.3, -0.25) is 0 Å². The van der Waals surface area contributed by atoms with Gasteiger partial charge in [0.2, 0.25) is 0 Å². The van der Waals surface area contributed by atoms with E-state index in [4.69, 9.17) is 5.11 Å². The fourth-order valence-electron chi connectivity index (χ4n) is 1.60. The third-order valence-corrected chi connectivity index (χ3v) is 2.60. The maximum absolute atomic E-state index is 12.8. The van der Waals surface area contributed by atoms with Gasteiger partial charge in [0.15, 0.2) is 0 Å². The van der Waals surface area contributed by atoms with Gasteiger partial charge in [0.25, 0.3) is 0 Å². The number of carboxylic acid groups (broad SMARTS) is 1. The van der Waals surface area contributed by atoms with Gasteiger partial charge >= 0.3 is 12.1 Å². The summed E-state index contributed by atoms with van der Waals surface area (Å²) in [5, 5.41) is 12.7. The third kappa shape index (κ3) is 2.83. The molecule has 0 spiro atoms. The monoisotopic (exact) mass is 264 g/mol. The number of hydrogen-bond acceptors (Lipinski definition) is 2. The summed E-state index contributed by atoms with van der Waals surface area (Å²) in [7, 11) is 0. The Bertz CT molecular complexity index is 438. The lowest BCUT2D eigenvalue weighted by Crippen LogP contribution is -2.24. The molecule has 0 bridgehead atoms. The van der Waals surface area contributed by atoms with Gasteiger partial charge in [0.1, 0.15) is 11.7 Å². The summed E-state index contributed by atoms with van der Waals surface area (Å²) < 4.78 is 39.1. The van der Waals surface area contributed by atoms with Crippen molar-refractivity contribution in [2.45, 2.75) is 45.3 Å². The second-order valence-corrected chi connectivity index (χ2v) is 4.31. The number of halogens is 3. The zero-order valence-corrected chi connectivity index (χ0v) is 10.3. The number of alkyl halides is 3. The molecule has 7 heteroatoms. The second kappa shape index (κ2) is 4.99. The maximum Gasteiger partial charge on any atom is 0.433 e. The molecule has 4 nitrogen and oxygen atoms in total. The third-order valence-electron chi connectivity index (χ3n) is 2.60. The van der Waals surface area contributed by atoms with E-state index < -0.39 is 23.9 Å². The van der Waals surface area contributed by atoms with Crippen molar-refractivity contribution < 1.29 is 23.1 Å². The number of carboxylic acids is 1. The van der Waals surface area contributed by atoms with E-state index >= 15 is 0 Å². The topological polar surface area (TPSA) is 55.1 Å². The van der Waals surface area contributed by atoms with E-state index in [0.717, 1.165) is 6.07 Å². The number of hydrogen-bond donors (Lipinski definition) is 1. The summed E-state index contributed by atoms with van der Waals surface area (Å²) in [6.07, 6.45) is -4.57. The van der Waals surface area contributed by atoms with Crippen LogP contribution in [-0.2, 0) is 11.0 Å². The predicted molar refractivity (Wildman–Crippen MR) is 58.3 cm³/mol. The van der Waals surface area contributed by atoms with Crippen molar-refractivity contribution in [2.75, 3.05) is 0 Å². The minimum Gasteiger partial charge on any atom is -0.480 e. The first-order chi connectivity index (χ1) is 8.18. The molecule has 0 amide bonds. The molecule has 0 aliphatic rings. The van der Waals surface area contributed by atoms with Crippen molar-refractivity contribution in [3.8, 4) is 0 Å². The Hall–Kier alpha value is -1.53. The van der Waals surface area contributed by atoms with Crippen LogP contribution in [-0.4, -0.2) is 20.9 Å². The molecule has 102 valence electrons. The highest BCUT2D eigenvalue weighted by atomic mass is 19.4. The van der Waals surface area contributed by atoms with Crippen LogP contribution in [0, 0.1) is 0 Å². The van der Waals surface area contributed by atoms with Crippen LogP contribution in [0.5, 0.6) is 0 Å². The lowest BCUT2D eigenvalue weighted by Gasteiger charge is -2.15. The lowest BCUT2D eigenvalue weighted by molar-refractivity contribution is -0.149. The van der Waals surface area contributed by atoms with Crippen LogP contribution in [0.4, 0.5) is 13.2 Å². The summed E-state index contributed by atoms with van der Waals surface area (Å²) in [4.78, 5) is 11.0. The molecule has 0 saturated heterocycles. The summed E-state index contributed by atoms with van der Waals surface area (Å²) in [6.45, 7) is 4.92. The highest BCUT2D eigenvalue weighted by molar-refractivity contribution is 5.71. The fourth-order valence-corrected chi connectivity index (χ4v) is 1.60. The highest BCUT2D eigenvalue weighted by Crippen LogP contribution is 2.33. The molecule has 18 heavy (non-hydrogen) atoms. The van der Waals surface area contributed by atoms with Crippen molar-refractivity contribution in [1.29, 1.82) is 0 Å². The second-order valence-electron chi connectivity index (χ2n) is 4.31. The Balaban J connectivity index is 3.36. The normalized spacial score (nSPS) is 13.9. The molecule has 0 aliphatic carbocycles. The van der Waals surface area contributed by atoms with Crippen LogP contribution in [0.3, 0.4) is 0 Å². The molecule has 1 rings (SSSR count). The number of aromatic nitrogens is 2. The van der Waals surface area contributed by atoms with Gasteiger partial charge in [-0.25, -0.2) is 9.48 Å². The van der Waals surface area contributed by atoms with E-state index in [9.17, 15) is 18.0 Å². The largest absolute Gasteiger partial charge is 0.480 e. The Morgan fingerprint density at radius 1 is 1.50 bits per heavy atom. The van der Waals surface area contributed by atoms with E-state index in [1.165, 1.54) is 6.92 Å². The summed E-state index contributed by atoms with van der Waals surface area (Å²) >= 11 is 0. The number of carbonyl (C=O) groups is 1. The van der Waals surface area contributed by atoms with Gasteiger partial charge in [-0.15, -0.1) is 0 Å². The van der Waals surface area contributed by atoms with E-state index in [0.29, 0.717) is 4.68 Å². The molecular formula is C11H15F3N2O2. The zero-order valence-electron chi connectivity index (χ0n) is 10.3. The average Bonchev–Trinajstić information content (AvgIpc) is 2.62. The van der Waals surface area contributed by atoms with Gasteiger partial charge in [0.05, 0.1) is 5.69 Å². The number of rotatable bonds is 4. The van der Waals surface area contributed by atoms with Gasteiger partial charge in [0, 0.05) is 0 Å². The first kappa shape index (κ1) is 14.5. The molecule has 1 heterocycles. The van der Waals surface area contributed by atoms with Crippen LogP contribution in [0.2, 0.25) is 0 Å². The standard InChI is InChI=1S/C11H15F3N2O2/c1-4-8(10(17)18)16-9(11(12,13)14)5-7(15-16)6(2)3/h5-6,8H,4H2,1-3H3,(H,17,18). The Morgan fingerprint density at radius 3 is 2.39 bits per heavy atom. The molecule has 1 aromatic heterocycles. The van der Waals surface area contributed by atoms with E-state index in [2.05, 4.69) is 5.10 Å². The molecule has 1 N–H and O–H groups in total. The smallest absolute Gasteiger partial charge is 0.433 e. The van der Waals surface area contributed by atoms with Gasteiger partial charge < -0.3 is 5.11 Å². The first-order valence-corrected chi connectivity index (χ1v) is 5.57. The van der Waals surface area contributed by atoms with E-state index in [1.54, 1.807) is 13.8 Å². The molecule has 0 aliphatic heterocycles. The van der Waals surface area contributed by atoms with Crippen molar-refractivity contribution in [2.24, 2.45) is 0 Å². The van der Waals surface area contributed by atoms with Crippen molar-refractivity contribution >= 4 is 5.97 Å². The van der Waals surface area contributed by atoms with Gasteiger partial charge in [-0.05, 0) is 18.4 Å². The molecule has 1 atom stereocenters. The number of nitrogens with zero attached hydrogens (tertiary/aromatic N) is 2. The van der Waals surface area contributed by atoms with Gasteiger partial charge in [-0.1, -0.05) is 20.8 Å². The minimum atomic E-state index is -4.61. The highest BCUT2D eigenvalue weighted by Gasteiger charge is 2.38. The maximum atomic E-state index is 12.8. The van der Waals surface area contributed by atoms with Gasteiger partial charge in [-0.2, -0.15) is 18.3 Å². The molecule has 1 unspecified atom stereocenters. The average molecular weight is 264 g/mol. The molecule has 0 fully saturated rings. The quantitative estimate of drug-likeness (QED) is 0.909. The van der Waals surface area contributed by atoms with E-state index in [1.807, 2.05) is 0 Å². The van der Waals surface area contributed by atoms with Crippen molar-refractivity contribution in [1.82, 2.24) is 9.78 Å². The Kier molecular flexibility index (Phi) is 4.03. The Morgan fingerprint density at radius 2 is 2.06 bits per heavy atom. The summed E-state index contributed by atoms with van der Waals surface area (Å²) in [6, 6.07) is -0.384. The predicted octanol–water partition coefficient (Wildman–Crippen LogP) is 3.06. The van der Waals surface area contributed by atoms with E-state index in [-0.39, 0.29) is 18.0 Å². The molecule has 1 aromatic rings. The van der Waals surface area contributed by atoms with Crippen LogP contribution in [0.15, 0.2) is 6.07 Å². The lowest BCUT2D eigenvalue weighted by atomic mass is 10.1. The van der Waals surface area contributed by atoms with Crippen LogP contribution >= 0.6 is 0 Å². The van der Waals surface area contributed by atoms with Crippen LogP contribution in [0.25, 0.3) is 0 Å².